The Morgan fingerprint density at radius 3 is 2.12 bits per heavy atom. The Hall–Kier alpha value is -1.11. The van der Waals surface area contributed by atoms with Gasteiger partial charge in [-0.05, 0) is 23.8 Å². The van der Waals surface area contributed by atoms with Crippen LogP contribution in [-0.4, -0.2) is 5.78 Å². The van der Waals surface area contributed by atoms with Crippen molar-refractivity contribution in [3.63, 3.8) is 0 Å². The number of carbonyl (C=O) groups excluding carboxylic acids is 1. The number of Topliss-reactive ketones (excluding diaryl/α,β-unsaturated/α-hetero) is 1. The molecule has 0 amide bonds. The van der Waals surface area contributed by atoms with Crippen LogP contribution in [0.4, 0.5) is 0 Å². The summed E-state index contributed by atoms with van der Waals surface area (Å²) in [5.41, 5.74) is 2.28. The zero-order valence-electron chi connectivity index (χ0n) is 10.8. The second-order valence-electron chi connectivity index (χ2n) is 6.11. The highest BCUT2D eigenvalue weighted by molar-refractivity contribution is 6.01. The first-order valence-electron chi connectivity index (χ1n) is 5.89. The molecule has 1 aliphatic rings. The van der Waals surface area contributed by atoms with E-state index in [0.29, 0.717) is 5.78 Å². The summed E-state index contributed by atoms with van der Waals surface area (Å²) in [4.78, 5) is 12.4. The summed E-state index contributed by atoms with van der Waals surface area (Å²) < 4.78 is 0. The van der Waals surface area contributed by atoms with E-state index in [-0.39, 0.29) is 16.7 Å². The van der Waals surface area contributed by atoms with E-state index in [1.54, 1.807) is 0 Å². The lowest BCUT2D eigenvalue weighted by Gasteiger charge is -2.03. The molecule has 0 spiro atoms. The lowest BCUT2D eigenvalue weighted by atomic mass is 10.00. The fourth-order valence-electron chi connectivity index (χ4n) is 2.82. The van der Waals surface area contributed by atoms with Gasteiger partial charge in [0.05, 0.1) is 0 Å². The molecular formula is C15H20O. The molecule has 1 heteroatoms. The summed E-state index contributed by atoms with van der Waals surface area (Å²) in [6, 6.07) is 7.91. The first-order chi connectivity index (χ1) is 7.28. The van der Waals surface area contributed by atoms with Crippen LogP contribution in [-0.2, 0) is 0 Å². The number of rotatable bonds is 2. The summed E-state index contributed by atoms with van der Waals surface area (Å²) >= 11 is 0. The molecule has 0 saturated heterocycles. The normalized spacial score (nSPS) is 21.8. The van der Waals surface area contributed by atoms with E-state index >= 15 is 0 Å². The van der Waals surface area contributed by atoms with Crippen LogP contribution in [0, 0.1) is 23.7 Å². The van der Waals surface area contributed by atoms with E-state index < -0.39 is 0 Å². The molecule has 1 saturated carbocycles. The van der Waals surface area contributed by atoms with Crippen LogP contribution >= 0.6 is 0 Å². The Bertz CT molecular complexity index is 427. The largest absolute Gasteiger partial charge is 0.294 e. The van der Waals surface area contributed by atoms with Gasteiger partial charge in [0, 0.05) is 11.5 Å². The summed E-state index contributed by atoms with van der Waals surface area (Å²) in [5.74, 6) is 0.473. The molecule has 16 heavy (non-hydrogen) atoms. The third kappa shape index (κ3) is 1.41. The lowest BCUT2D eigenvalue weighted by molar-refractivity contribution is 0.0945. The number of ketones is 1. The minimum atomic E-state index is 0.133. The van der Waals surface area contributed by atoms with Crippen LogP contribution < -0.4 is 0 Å². The molecular weight excluding hydrogens is 196 g/mol. The van der Waals surface area contributed by atoms with Gasteiger partial charge in [-0.1, -0.05) is 51.5 Å². The van der Waals surface area contributed by atoms with Gasteiger partial charge >= 0.3 is 0 Å². The SMILES string of the molecule is Cc1cccc(C(=O)C2C(C)(C)C2(C)C)c1. The molecule has 0 N–H and O–H groups in total. The standard InChI is InChI=1S/C15H20O/c1-10-7-6-8-11(9-10)12(16)13-14(2,3)15(13,4)5/h6-9,13H,1-5H3. The Balaban J connectivity index is 2.29. The summed E-state index contributed by atoms with van der Waals surface area (Å²) in [6.07, 6.45) is 0. The first-order valence-corrected chi connectivity index (χ1v) is 5.89. The molecule has 0 aliphatic heterocycles. The summed E-state index contributed by atoms with van der Waals surface area (Å²) in [6.45, 7) is 10.8. The monoisotopic (exact) mass is 216 g/mol. The van der Waals surface area contributed by atoms with Crippen molar-refractivity contribution < 1.29 is 4.79 Å². The maximum atomic E-state index is 12.4. The van der Waals surface area contributed by atoms with Gasteiger partial charge in [-0.2, -0.15) is 0 Å². The first kappa shape index (κ1) is 11.4. The highest BCUT2D eigenvalue weighted by Gasteiger charge is 2.67. The van der Waals surface area contributed by atoms with Gasteiger partial charge in [0.2, 0.25) is 0 Å². The van der Waals surface area contributed by atoms with E-state index in [0.717, 1.165) is 11.1 Å². The zero-order chi connectivity index (χ0) is 12.1. The fraction of sp³-hybridized carbons (Fsp3) is 0.533. The molecule has 0 bridgehead atoms. The maximum Gasteiger partial charge on any atom is 0.167 e. The van der Waals surface area contributed by atoms with Gasteiger partial charge in [-0.15, -0.1) is 0 Å². The van der Waals surface area contributed by atoms with Crippen molar-refractivity contribution in [2.24, 2.45) is 16.7 Å². The van der Waals surface area contributed by atoms with Gasteiger partial charge in [-0.25, -0.2) is 0 Å². The zero-order valence-corrected chi connectivity index (χ0v) is 10.8. The van der Waals surface area contributed by atoms with Crippen LogP contribution in [0.15, 0.2) is 24.3 Å². The predicted molar refractivity (Wildman–Crippen MR) is 66.6 cm³/mol. The molecule has 1 fully saturated rings. The van der Waals surface area contributed by atoms with E-state index in [2.05, 4.69) is 27.7 Å². The van der Waals surface area contributed by atoms with Crippen LogP contribution in [0.5, 0.6) is 0 Å². The van der Waals surface area contributed by atoms with E-state index in [4.69, 9.17) is 0 Å². The molecule has 0 radical (unpaired) electrons. The van der Waals surface area contributed by atoms with Crippen LogP contribution in [0.25, 0.3) is 0 Å². The number of carbonyl (C=O) groups is 1. The van der Waals surface area contributed by atoms with Crippen LogP contribution in [0.2, 0.25) is 0 Å². The fourth-order valence-corrected chi connectivity index (χ4v) is 2.82. The van der Waals surface area contributed by atoms with Crippen molar-refractivity contribution in [3.8, 4) is 0 Å². The molecule has 1 nitrogen and oxygen atoms in total. The molecule has 2 rings (SSSR count). The smallest absolute Gasteiger partial charge is 0.167 e. The summed E-state index contributed by atoms with van der Waals surface area (Å²) in [5, 5.41) is 0. The number of benzene rings is 1. The third-order valence-corrected chi connectivity index (χ3v) is 4.59. The number of hydrogen-bond acceptors (Lipinski definition) is 1. The number of aryl methyl sites for hydroxylation is 1. The van der Waals surface area contributed by atoms with Crippen molar-refractivity contribution >= 4 is 5.78 Å². The Labute approximate surface area is 97.9 Å². The second kappa shape index (κ2) is 3.19. The minimum absolute atomic E-state index is 0.133. The molecule has 0 unspecified atom stereocenters. The van der Waals surface area contributed by atoms with Gasteiger partial charge in [0.25, 0.3) is 0 Å². The lowest BCUT2D eigenvalue weighted by Crippen LogP contribution is -2.07. The maximum absolute atomic E-state index is 12.4. The average molecular weight is 216 g/mol. The topological polar surface area (TPSA) is 17.1 Å². The Morgan fingerprint density at radius 1 is 1.12 bits per heavy atom. The van der Waals surface area contributed by atoms with Crippen LogP contribution in [0.3, 0.4) is 0 Å². The van der Waals surface area contributed by atoms with E-state index in [1.807, 2.05) is 31.2 Å². The molecule has 1 aromatic rings. The van der Waals surface area contributed by atoms with E-state index in [1.165, 1.54) is 0 Å². The van der Waals surface area contributed by atoms with Gasteiger partial charge in [0.15, 0.2) is 5.78 Å². The second-order valence-corrected chi connectivity index (χ2v) is 6.11. The Kier molecular flexibility index (Phi) is 2.27. The quantitative estimate of drug-likeness (QED) is 0.686. The number of hydrogen-bond donors (Lipinski definition) is 0. The molecule has 0 atom stereocenters. The highest BCUT2D eigenvalue weighted by Crippen LogP contribution is 2.69. The van der Waals surface area contributed by atoms with Crippen molar-refractivity contribution in [2.45, 2.75) is 34.6 Å². The molecule has 1 aromatic carbocycles. The minimum Gasteiger partial charge on any atom is -0.294 e. The van der Waals surface area contributed by atoms with Crippen molar-refractivity contribution in [1.82, 2.24) is 0 Å². The molecule has 1 aliphatic carbocycles. The summed E-state index contributed by atoms with van der Waals surface area (Å²) in [7, 11) is 0. The molecule has 0 heterocycles. The van der Waals surface area contributed by atoms with Gasteiger partial charge in [-0.3, -0.25) is 4.79 Å². The third-order valence-electron chi connectivity index (χ3n) is 4.59. The predicted octanol–water partition coefficient (Wildman–Crippen LogP) is 3.86. The average Bonchev–Trinajstić information content (AvgIpc) is 2.56. The van der Waals surface area contributed by atoms with Crippen molar-refractivity contribution in [3.05, 3.63) is 35.4 Å². The highest BCUT2D eigenvalue weighted by atomic mass is 16.1. The van der Waals surface area contributed by atoms with Crippen molar-refractivity contribution in [1.29, 1.82) is 0 Å². The van der Waals surface area contributed by atoms with Gasteiger partial charge < -0.3 is 0 Å². The molecule has 0 aromatic heterocycles. The van der Waals surface area contributed by atoms with Gasteiger partial charge in [0.1, 0.15) is 0 Å². The molecule has 86 valence electrons. The Morgan fingerprint density at radius 2 is 1.69 bits per heavy atom. The van der Waals surface area contributed by atoms with Crippen molar-refractivity contribution in [2.75, 3.05) is 0 Å². The van der Waals surface area contributed by atoms with Crippen LogP contribution in [0.1, 0.15) is 43.6 Å². The van der Waals surface area contributed by atoms with E-state index in [9.17, 15) is 4.79 Å².